The molecule has 2 rings (SSSR count). The zero-order valence-electron chi connectivity index (χ0n) is 10.3. The van der Waals surface area contributed by atoms with E-state index < -0.39 is 0 Å². The van der Waals surface area contributed by atoms with Gasteiger partial charge >= 0.3 is 0 Å². The van der Waals surface area contributed by atoms with Crippen molar-refractivity contribution in [2.45, 2.75) is 26.4 Å². The normalized spacial score (nSPS) is 10.6. The molecule has 92 valence electrons. The van der Waals surface area contributed by atoms with Crippen molar-refractivity contribution in [1.29, 1.82) is 5.26 Å². The first-order chi connectivity index (χ1) is 8.70. The Morgan fingerprint density at radius 3 is 2.94 bits per heavy atom. The molecule has 0 aliphatic heterocycles. The van der Waals surface area contributed by atoms with Crippen LogP contribution in [0.1, 0.15) is 25.2 Å². The Balaban J connectivity index is 2.29. The number of nitrogens with one attached hydrogen (secondary N) is 1. The lowest BCUT2D eigenvalue weighted by Gasteiger charge is -2.11. The highest BCUT2D eigenvalue weighted by molar-refractivity contribution is 5.32. The summed E-state index contributed by atoms with van der Waals surface area (Å²) in [5.41, 5.74) is 1.01. The number of rotatable bonds is 4. The Morgan fingerprint density at radius 1 is 1.44 bits per heavy atom. The highest BCUT2D eigenvalue weighted by Crippen LogP contribution is 2.10. The first-order valence-corrected chi connectivity index (χ1v) is 5.70. The number of aromatic nitrogens is 4. The SMILES string of the molecule is CC(C)NCc1cccnc1-n1cnc(C#N)n1. The summed E-state index contributed by atoms with van der Waals surface area (Å²) < 4.78 is 1.52. The monoisotopic (exact) mass is 242 g/mol. The largest absolute Gasteiger partial charge is 0.310 e. The van der Waals surface area contributed by atoms with Gasteiger partial charge in [0.25, 0.3) is 5.82 Å². The van der Waals surface area contributed by atoms with E-state index in [0.29, 0.717) is 18.4 Å². The molecule has 2 heterocycles. The molecule has 0 aliphatic rings. The predicted molar refractivity (Wildman–Crippen MR) is 65.8 cm³/mol. The zero-order valence-corrected chi connectivity index (χ0v) is 10.3. The molecule has 2 aromatic rings. The van der Waals surface area contributed by atoms with Crippen molar-refractivity contribution in [2.24, 2.45) is 0 Å². The van der Waals surface area contributed by atoms with E-state index in [1.54, 1.807) is 6.20 Å². The number of hydrogen-bond acceptors (Lipinski definition) is 5. The van der Waals surface area contributed by atoms with Gasteiger partial charge in [0.2, 0.25) is 0 Å². The van der Waals surface area contributed by atoms with Crippen molar-refractivity contribution in [3.63, 3.8) is 0 Å². The summed E-state index contributed by atoms with van der Waals surface area (Å²) in [7, 11) is 0. The van der Waals surface area contributed by atoms with Crippen LogP contribution < -0.4 is 5.32 Å². The molecular weight excluding hydrogens is 228 g/mol. The third kappa shape index (κ3) is 2.70. The molecule has 6 heteroatoms. The van der Waals surface area contributed by atoms with Crippen LogP contribution in [-0.2, 0) is 6.54 Å². The van der Waals surface area contributed by atoms with E-state index in [2.05, 4.69) is 34.2 Å². The van der Waals surface area contributed by atoms with Gasteiger partial charge in [0.1, 0.15) is 12.4 Å². The second kappa shape index (κ2) is 5.38. The molecule has 0 aromatic carbocycles. The van der Waals surface area contributed by atoms with E-state index in [1.807, 2.05) is 18.2 Å². The van der Waals surface area contributed by atoms with Crippen LogP contribution >= 0.6 is 0 Å². The Kier molecular flexibility index (Phi) is 3.65. The molecule has 0 spiro atoms. The molecule has 0 atom stereocenters. The van der Waals surface area contributed by atoms with Gasteiger partial charge in [-0.1, -0.05) is 19.9 Å². The maximum absolute atomic E-state index is 8.72. The molecule has 1 N–H and O–H groups in total. The van der Waals surface area contributed by atoms with Gasteiger partial charge in [-0.15, -0.1) is 5.10 Å². The van der Waals surface area contributed by atoms with Gasteiger partial charge in [0, 0.05) is 24.3 Å². The lowest BCUT2D eigenvalue weighted by Crippen LogP contribution is -2.23. The molecule has 18 heavy (non-hydrogen) atoms. The van der Waals surface area contributed by atoms with Crippen LogP contribution in [0.25, 0.3) is 5.82 Å². The lowest BCUT2D eigenvalue weighted by molar-refractivity contribution is 0.585. The molecule has 0 saturated carbocycles. The Labute approximate surface area is 105 Å². The summed E-state index contributed by atoms with van der Waals surface area (Å²) >= 11 is 0. The van der Waals surface area contributed by atoms with E-state index in [-0.39, 0.29) is 5.82 Å². The first kappa shape index (κ1) is 12.2. The Bertz CT molecular complexity index is 566. The van der Waals surface area contributed by atoms with Gasteiger partial charge in [0.05, 0.1) is 0 Å². The van der Waals surface area contributed by atoms with Crippen molar-refractivity contribution < 1.29 is 0 Å². The van der Waals surface area contributed by atoms with Crippen LogP contribution in [0.15, 0.2) is 24.7 Å². The fourth-order valence-electron chi connectivity index (χ4n) is 1.50. The summed E-state index contributed by atoms with van der Waals surface area (Å²) in [5, 5.41) is 16.1. The van der Waals surface area contributed by atoms with E-state index >= 15 is 0 Å². The van der Waals surface area contributed by atoms with Crippen LogP contribution in [0.3, 0.4) is 0 Å². The Hall–Kier alpha value is -2.26. The summed E-state index contributed by atoms with van der Waals surface area (Å²) in [5.74, 6) is 0.836. The molecule has 0 fully saturated rings. The number of pyridine rings is 1. The van der Waals surface area contributed by atoms with E-state index in [4.69, 9.17) is 5.26 Å². The highest BCUT2D eigenvalue weighted by Gasteiger charge is 2.08. The molecule has 0 saturated heterocycles. The van der Waals surface area contributed by atoms with Gasteiger partial charge in [-0.2, -0.15) is 5.26 Å². The van der Waals surface area contributed by atoms with Gasteiger partial charge < -0.3 is 5.32 Å². The van der Waals surface area contributed by atoms with Crippen molar-refractivity contribution in [3.8, 4) is 11.9 Å². The summed E-state index contributed by atoms with van der Waals surface area (Å²) in [4.78, 5) is 8.16. The van der Waals surface area contributed by atoms with E-state index in [0.717, 1.165) is 5.56 Å². The lowest BCUT2D eigenvalue weighted by atomic mass is 10.2. The average molecular weight is 242 g/mol. The minimum atomic E-state index is 0.142. The highest BCUT2D eigenvalue weighted by atomic mass is 15.4. The minimum Gasteiger partial charge on any atom is -0.310 e. The van der Waals surface area contributed by atoms with Crippen molar-refractivity contribution >= 4 is 0 Å². The summed E-state index contributed by atoms with van der Waals surface area (Å²) in [6.07, 6.45) is 3.20. The molecule has 0 bridgehead atoms. The molecule has 2 aromatic heterocycles. The van der Waals surface area contributed by atoms with Crippen LogP contribution in [-0.4, -0.2) is 25.8 Å². The van der Waals surface area contributed by atoms with Crippen LogP contribution in [0, 0.1) is 11.3 Å². The van der Waals surface area contributed by atoms with Gasteiger partial charge in [-0.25, -0.2) is 14.6 Å². The van der Waals surface area contributed by atoms with Crippen LogP contribution in [0.5, 0.6) is 0 Å². The number of nitriles is 1. The van der Waals surface area contributed by atoms with Crippen LogP contribution in [0.4, 0.5) is 0 Å². The molecule has 0 unspecified atom stereocenters. The maximum Gasteiger partial charge on any atom is 0.252 e. The zero-order chi connectivity index (χ0) is 13.0. The predicted octanol–water partition coefficient (Wildman–Crippen LogP) is 1.03. The minimum absolute atomic E-state index is 0.142. The van der Waals surface area contributed by atoms with Gasteiger partial charge in [-0.05, 0) is 6.07 Å². The third-order valence-corrected chi connectivity index (χ3v) is 2.38. The average Bonchev–Trinajstić information content (AvgIpc) is 2.85. The smallest absolute Gasteiger partial charge is 0.252 e. The molecule has 0 aliphatic carbocycles. The van der Waals surface area contributed by atoms with Crippen molar-refractivity contribution in [1.82, 2.24) is 25.1 Å². The van der Waals surface area contributed by atoms with Gasteiger partial charge in [0.15, 0.2) is 5.82 Å². The quantitative estimate of drug-likeness (QED) is 0.866. The Morgan fingerprint density at radius 2 is 2.28 bits per heavy atom. The number of nitrogens with zero attached hydrogens (tertiary/aromatic N) is 5. The summed E-state index contributed by atoms with van der Waals surface area (Å²) in [6.45, 7) is 4.86. The topological polar surface area (TPSA) is 79.4 Å². The fourth-order valence-corrected chi connectivity index (χ4v) is 1.50. The molecular formula is C12H14N6. The second-order valence-corrected chi connectivity index (χ2v) is 4.15. The van der Waals surface area contributed by atoms with Gasteiger partial charge in [-0.3, -0.25) is 0 Å². The standard InChI is InChI=1S/C12H14N6/c1-9(2)15-7-10-4-3-5-14-12(10)18-8-16-11(6-13)17-18/h3-5,8-9,15H,7H2,1-2H3. The van der Waals surface area contributed by atoms with E-state index in [1.165, 1.54) is 11.0 Å². The fraction of sp³-hybridized carbons (Fsp3) is 0.333. The van der Waals surface area contributed by atoms with Crippen molar-refractivity contribution in [3.05, 3.63) is 36.0 Å². The van der Waals surface area contributed by atoms with Crippen LogP contribution in [0.2, 0.25) is 0 Å². The number of hydrogen-bond donors (Lipinski definition) is 1. The summed E-state index contributed by atoms with van der Waals surface area (Å²) in [6, 6.07) is 6.15. The molecule has 6 nitrogen and oxygen atoms in total. The third-order valence-electron chi connectivity index (χ3n) is 2.38. The molecule has 0 radical (unpaired) electrons. The molecule has 0 amide bonds. The van der Waals surface area contributed by atoms with E-state index in [9.17, 15) is 0 Å². The second-order valence-electron chi connectivity index (χ2n) is 4.15. The van der Waals surface area contributed by atoms with Crippen molar-refractivity contribution in [2.75, 3.05) is 0 Å². The first-order valence-electron chi connectivity index (χ1n) is 5.70. The maximum atomic E-state index is 8.72.